The van der Waals surface area contributed by atoms with E-state index in [2.05, 4.69) is 10.3 Å². The Labute approximate surface area is 200 Å². The molecule has 2 aromatic heterocycles. The number of nitrogens with zero attached hydrogens (tertiary/aromatic N) is 2. The summed E-state index contributed by atoms with van der Waals surface area (Å²) in [5.74, 6) is -6.02. The Kier molecular flexibility index (Phi) is 6.69. The number of nitrogens with one attached hydrogen (secondary N) is 2. The number of anilines is 1. The predicted molar refractivity (Wildman–Crippen MR) is 119 cm³/mol. The highest BCUT2D eigenvalue weighted by atomic mass is 19.4. The number of rotatable bonds is 7. The number of aromatic nitrogens is 2. The molecule has 0 saturated heterocycles. The molecule has 7 nitrogen and oxygen atoms in total. The van der Waals surface area contributed by atoms with Crippen molar-refractivity contribution < 1.29 is 31.1 Å². The van der Waals surface area contributed by atoms with Crippen LogP contribution in [-0.4, -0.2) is 40.3 Å². The van der Waals surface area contributed by atoms with Gasteiger partial charge in [0.15, 0.2) is 17.3 Å². The second-order valence-corrected chi connectivity index (χ2v) is 8.72. The van der Waals surface area contributed by atoms with Crippen LogP contribution in [0.15, 0.2) is 35.3 Å². The Hall–Kier alpha value is -3.61. The highest BCUT2D eigenvalue weighted by Gasteiger charge is 2.49. The van der Waals surface area contributed by atoms with Gasteiger partial charge in [0.25, 0.3) is 5.91 Å². The molecule has 0 radical (unpaired) electrons. The number of benzene rings is 1. The quantitative estimate of drug-likeness (QED) is 0.419. The van der Waals surface area contributed by atoms with Crippen LogP contribution in [0.1, 0.15) is 30.1 Å². The Balaban J connectivity index is 1.90. The molecule has 2 atom stereocenters. The molecular weight excluding hydrogens is 492 g/mol. The van der Waals surface area contributed by atoms with Crippen molar-refractivity contribution in [3.63, 3.8) is 0 Å². The lowest BCUT2D eigenvalue weighted by molar-refractivity contribution is -0.158. The lowest BCUT2D eigenvalue weighted by atomic mass is 10.1. The Bertz CT molecular complexity index is 1360. The lowest BCUT2D eigenvalue weighted by Gasteiger charge is -2.22. The van der Waals surface area contributed by atoms with Crippen LogP contribution in [0.25, 0.3) is 16.7 Å². The topological polar surface area (TPSA) is 102 Å². The number of hydrogen-bond donors (Lipinski definition) is 3. The standard InChI is InChI=1S/C23H21F6N5O2/c1-10(30)8-31-17-5-4-13-19(35)14(22(36)33-20(11-2-3-11)23(27,28)29)9-34(21(13)32-17)18-15(25)6-12(24)7-16(18)26/h4-7,9-11,20H,2-3,8,30H2,1H3,(H,31,32)(H,33,36)/t10-,20?/m1/s1. The van der Waals surface area contributed by atoms with Crippen LogP contribution in [0.4, 0.5) is 32.2 Å². The summed E-state index contributed by atoms with van der Waals surface area (Å²) in [6.07, 6.45) is -3.56. The number of pyridine rings is 2. The fourth-order valence-electron chi connectivity index (χ4n) is 3.78. The van der Waals surface area contributed by atoms with Crippen molar-refractivity contribution in [2.24, 2.45) is 11.7 Å². The van der Waals surface area contributed by atoms with E-state index in [4.69, 9.17) is 5.73 Å². The van der Waals surface area contributed by atoms with Gasteiger partial charge in [-0.2, -0.15) is 13.2 Å². The molecule has 1 amide bonds. The summed E-state index contributed by atoms with van der Waals surface area (Å²) in [5, 5.41) is 4.40. The number of amides is 1. The molecule has 1 aromatic carbocycles. The number of carbonyl (C=O) groups is 1. The molecule has 0 bridgehead atoms. The Morgan fingerprint density at radius 2 is 1.83 bits per heavy atom. The van der Waals surface area contributed by atoms with E-state index in [1.807, 2.05) is 5.32 Å². The van der Waals surface area contributed by atoms with Gasteiger partial charge in [0, 0.05) is 30.9 Å². The first-order valence-electron chi connectivity index (χ1n) is 10.9. The van der Waals surface area contributed by atoms with Crippen LogP contribution < -0.4 is 21.8 Å². The number of fused-ring (bicyclic) bond motifs is 1. The molecule has 1 saturated carbocycles. The summed E-state index contributed by atoms with van der Waals surface area (Å²) < 4.78 is 84.0. The van der Waals surface area contributed by atoms with Gasteiger partial charge < -0.3 is 16.4 Å². The largest absolute Gasteiger partial charge is 0.408 e. The zero-order chi connectivity index (χ0) is 26.4. The molecule has 36 heavy (non-hydrogen) atoms. The van der Waals surface area contributed by atoms with Crippen molar-refractivity contribution in [3.05, 3.63) is 63.7 Å². The summed E-state index contributed by atoms with van der Waals surface area (Å²) >= 11 is 0. The summed E-state index contributed by atoms with van der Waals surface area (Å²) in [6.45, 7) is 1.95. The molecule has 192 valence electrons. The highest BCUT2D eigenvalue weighted by molar-refractivity contribution is 5.97. The smallest absolute Gasteiger partial charge is 0.368 e. The average Bonchev–Trinajstić information content (AvgIpc) is 3.61. The van der Waals surface area contributed by atoms with Crippen molar-refractivity contribution in [2.75, 3.05) is 11.9 Å². The number of nitrogens with two attached hydrogens (primary N) is 1. The minimum absolute atomic E-state index is 0.166. The maximum absolute atomic E-state index is 14.7. The fraction of sp³-hybridized carbons (Fsp3) is 0.348. The second-order valence-electron chi connectivity index (χ2n) is 8.72. The third-order valence-electron chi connectivity index (χ3n) is 5.66. The molecule has 1 unspecified atom stereocenters. The Morgan fingerprint density at radius 3 is 2.39 bits per heavy atom. The second kappa shape index (κ2) is 9.45. The first kappa shape index (κ1) is 25.5. The van der Waals surface area contributed by atoms with E-state index >= 15 is 0 Å². The monoisotopic (exact) mass is 513 g/mol. The van der Waals surface area contributed by atoms with Crippen molar-refractivity contribution in [2.45, 2.75) is 38.0 Å². The van der Waals surface area contributed by atoms with Crippen LogP contribution in [0.5, 0.6) is 0 Å². The lowest BCUT2D eigenvalue weighted by Crippen LogP contribution is -2.48. The molecule has 1 fully saturated rings. The molecule has 13 heteroatoms. The number of hydrogen-bond acceptors (Lipinski definition) is 5. The normalized spacial score (nSPS) is 15.6. The summed E-state index contributed by atoms with van der Waals surface area (Å²) in [4.78, 5) is 30.1. The van der Waals surface area contributed by atoms with Crippen LogP contribution >= 0.6 is 0 Å². The maximum Gasteiger partial charge on any atom is 0.408 e. The fourth-order valence-corrected chi connectivity index (χ4v) is 3.78. The number of halogens is 6. The van der Waals surface area contributed by atoms with E-state index in [1.54, 1.807) is 6.92 Å². The van der Waals surface area contributed by atoms with Gasteiger partial charge in [0.05, 0.1) is 5.39 Å². The van der Waals surface area contributed by atoms with Crippen molar-refractivity contribution in [1.29, 1.82) is 0 Å². The van der Waals surface area contributed by atoms with Crippen LogP contribution in [0.3, 0.4) is 0 Å². The Morgan fingerprint density at radius 1 is 1.19 bits per heavy atom. The van der Waals surface area contributed by atoms with Crippen LogP contribution in [-0.2, 0) is 0 Å². The van der Waals surface area contributed by atoms with Crippen LogP contribution in [0.2, 0.25) is 0 Å². The van der Waals surface area contributed by atoms with Gasteiger partial charge >= 0.3 is 6.18 Å². The van der Waals surface area contributed by atoms with E-state index < -0.39 is 58.2 Å². The first-order valence-corrected chi connectivity index (χ1v) is 10.9. The number of carbonyl (C=O) groups excluding carboxylic acids is 1. The van der Waals surface area contributed by atoms with E-state index in [-0.39, 0.29) is 42.3 Å². The zero-order valence-corrected chi connectivity index (χ0v) is 18.8. The minimum Gasteiger partial charge on any atom is -0.368 e. The van der Waals surface area contributed by atoms with E-state index in [9.17, 15) is 35.9 Å². The summed E-state index contributed by atoms with van der Waals surface area (Å²) in [7, 11) is 0. The van der Waals surface area contributed by atoms with Gasteiger partial charge in [-0.25, -0.2) is 18.2 Å². The van der Waals surface area contributed by atoms with Crippen molar-refractivity contribution >= 4 is 22.8 Å². The molecule has 0 spiro atoms. The molecule has 1 aliphatic rings. The molecule has 0 aliphatic heterocycles. The third-order valence-corrected chi connectivity index (χ3v) is 5.66. The molecule has 3 aromatic rings. The average molecular weight is 513 g/mol. The number of alkyl halides is 3. The molecule has 4 rings (SSSR count). The SMILES string of the molecule is C[C@@H](N)CNc1ccc2c(=O)c(C(=O)NC(C3CC3)C(F)(F)F)cn(-c3c(F)cc(F)cc3F)c2n1. The van der Waals surface area contributed by atoms with Gasteiger partial charge in [-0.15, -0.1) is 0 Å². The predicted octanol–water partition coefficient (Wildman–Crippen LogP) is 3.63. The van der Waals surface area contributed by atoms with Crippen LogP contribution in [0, 0.1) is 23.4 Å². The minimum atomic E-state index is -4.76. The van der Waals surface area contributed by atoms with E-state index in [0.717, 1.165) is 0 Å². The van der Waals surface area contributed by atoms with Crippen molar-refractivity contribution in [1.82, 2.24) is 14.9 Å². The summed E-state index contributed by atoms with van der Waals surface area (Å²) in [5.41, 5.74) is 2.72. The highest BCUT2D eigenvalue weighted by Crippen LogP contribution is 2.40. The van der Waals surface area contributed by atoms with Gasteiger partial charge in [-0.1, -0.05) is 0 Å². The molecular formula is C23H21F6N5O2. The van der Waals surface area contributed by atoms with Gasteiger partial charge in [-0.3, -0.25) is 14.2 Å². The molecule has 4 N–H and O–H groups in total. The summed E-state index contributed by atoms with van der Waals surface area (Å²) in [6, 6.07) is 0.841. The third kappa shape index (κ3) is 5.15. The van der Waals surface area contributed by atoms with E-state index in [0.29, 0.717) is 22.9 Å². The molecule has 1 aliphatic carbocycles. The first-order chi connectivity index (χ1) is 16.9. The van der Waals surface area contributed by atoms with Gasteiger partial charge in [-0.05, 0) is 37.8 Å². The zero-order valence-electron chi connectivity index (χ0n) is 18.8. The molecule has 2 heterocycles. The van der Waals surface area contributed by atoms with Crippen molar-refractivity contribution in [3.8, 4) is 5.69 Å². The van der Waals surface area contributed by atoms with Gasteiger partial charge in [0.1, 0.15) is 28.9 Å². The van der Waals surface area contributed by atoms with Gasteiger partial charge in [0.2, 0.25) is 5.43 Å². The maximum atomic E-state index is 14.7. The van der Waals surface area contributed by atoms with E-state index in [1.165, 1.54) is 12.1 Å².